The summed E-state index contributed by atoms with van der Waals surface area (Å²) in [6.07, 6.45) is -1.56. The molecule has 0 bridgehead atoms. The van der Waals surface area contributed by atoms with Crippen LogP contribution in [0.2, 0.25) is 0 Å². The summed E-state index contributed by atoms with van der Waals surface area (Å²) < 4.78 is 23.1. The molecule has 0 saturated carbocycles. The number of carbonyl (C=O) groups is 1. The molecule has 64 valence electrons. The molecule has 0 aromatic heterocycles. The lowest BCUT2D eigenvalue weighted by Crippen LogP contribution is -1.93. The molecular formula is C6H7BrF2O2. The average Bonchev–Trinajstić information content (AvgIpc) is 1.86. The van der Waals surface area contributed by atoms with E-state index >= 15 is 0 Å². The molecule has 5 heteroatoms. The summed E-state index contributed by atoms with van der Waals surface area (Å²) in [6, 6.07) is 0. The number of carboxylic acids is 1. The van der Waals surface area contributed by atoms with Gasteiger partial charge in [0.2, 0.25) is 0 Å². The molecule has 0 fully saturated rings. The normalized spacial score (nSPS) is 9.36. The minimum absolute atomic E-state index is 0.0780. The molecule has 1 N–H and O–H groups in total. The molecule has 0 heterocycles. The van der Waals surface area contributed by atoms with E-state index in [0.717, 1.165) is 0 Å². The van der Waals surface area contributed by atoms with E-state index in [9.17, 15) is 13.6 Å². The van der Waals surface area contributed by atoms with Crippen LogP contribution in [0.5, 0.6) is 0 Å². The van der Waals surface area contributed by atoms with Gasteiger partial charge in [0, 0.05) is 6.42 Å². The summed E-state index contributed by atoms with van der Waals surface area (Å²) >= 11 is 2.63. The minimum atomic E-state index is -1.78. The van der Waals surface area contributed by atoms with Crippen LogP contribution >= 0.6 is 15.9 Å². The summed E-state index contributed by atoms with van der Waals surface area (Å²) in [6.45, 7) is 0. The van der Waals surface area contributed by atoms with Crippen molar-refractivity contribution in [2.45, 2.75) is 19.3 Å². The molecular weight excluding hydrogens is 222 g/mol. The summed E-state index contributed by atoms with van der Waals surface area (Å²) in [5.74, 6) is -0.968. The van der Waals surface area contributed by atoms with Gasteiger partial charge in [0.25, 0.3) is 6.08 Å². The molecule has 0 saturated heterocycles. The quantitative estimate of drug-likeness (QED) is 0.804. The zero-order valence-corrected chi connectivity index (χ0v) is 7.20. The van der Waals surface area contributed by atoms with E-state index in [0.29, 0.717) is 0 Å². The summed E-state index contributed by atoms with van der Waals surface area (Å²) in [5, 5.41) is 8.15. The molecule has 0 unspecified atom stereocenters. The lowest BCUT2D eigenvalue weighted by molar-refractivity contribution is -0.137. The Bertz CT molecular complexity index is 175. The van der Waals surface area contributed by atoms with Crippen LogP contribution < -0.4 is 0 Å². The number of allylic oxidation sites excluding steroid dienone is 1. The third kappa shape index (κ3) is 5.97. The first-order valence-corrected chi connectivity index (χ1v) is 3.74. The van der Waals surface area contributed by atoms with Crippen LogP contribution in [-0.4, -0.2) is 11.1 Å². The number of carboxylic acid groups (broad SMARTS) is 1. The summed E-state index contributed by atoms with van der Waals surface area (Å²) in [5.41, 5.74) is 0. The lowest BCUT2D eigenvalue weighted by atomic mass is 10.2. The predicted molar refractivity (Wildman–Crippen MR) is 39.7 cm³/mol. The van der Waals surface area contributed by atoms with Crippen molar-refractivity contribution in [3.05, 3.63) is 10.6 Å². The largest absolute Gasteiger partial charge is 0.481 e. The SMILES string of the molecule is O=C(O)CCCC(Br)=C(F)F. The molecule has 0 rings (SSSR count). The van der Waals surface area contributed by atoms with Crippen LogP contribution in [0.4, 0.5) is 8.78 Å². The highest BCUT2D eigenvalue weighted by Crippen LogP contribution is 2.20. The van der Waals surface area contributed by atoms with E-state index in [1.807, 2.05) is 0 Å². The van der Waals surface area contributed by atoms with Gasteiger partial charge in [0.15, 0.2) is 0 Å². The number of rotatable bonds is 4. The lowest BCUT2D eigenvalue weighted by Gasteiger charge is -1.94. The number of hydrogen-bond acceptors (Lipinski definition) is 1. The van der Waals surface area contributed by atoms with Gasteiger partial charge < -0.3 is 5.11 Å². The first-order valence-electron chi connectivity index (χ1n) is 2.95. The summed E-state index contributed by atoms with van der Waals surface area (Å²) in [4.78, 5) is 9.93. The standard InChI is InChI=1S/C6H7BrF2O2/c7-4(6(8)9)2-1-3-5(10)11/h1-3H2,(H,10,11). The van der Waals surface area contributed by atoms with Gasteiger partial charge in [0.1, 0.15) is 0 Å². The van der Waals surface area contributed by atoms with Crippen molar-refractivity contribution in [3.63, 3.8) is 0 Å². The van der Waals surface area contributed by atoms with Crippen molar-refractivity contribution in [1.82, 2.24) is 0 Å². The van der Waals surface area contributed by atoms with E-state index in [4.69, 9.17) is 5.11 Å². The Hall–Kier alpha value is -0.450. The monoisotopic (exact) mass is 228 g/mol. The Balaban J connectivity index is 3.56. The van der Waals surface area contributed by atoms with Gasteiger partial charge in [-0.05, 0) is 28.8 Å². The first kappa shape index (κ1) is 10.6. The number of halogens is 3. The van der Waals surface area contributed by atoms with Crippen LogP contribution in [0.3, 0.4) is 0 Å². The smallest absolute Gasteiger partial charge is 0.303 e. The van der Waals surface area contributed by atoms with E-state index < -0.39 is 12.0 Å². The van der Waals surface area contributed by atoms with Crippen LogP contribution in [0, 0.1) is 0 Å². The Labute approximate surface area is 71.0 Å². The molecule has 0 spiro atoms. The maximum atomic E-state index is 11.6. The van der Waals surface area contributed by atoms with Gasteiger partial charge in [-0.1, -0.05) is 0 Å². The predicted octanol–water partition coefficient (Wildman–Crippen LogP) is 2.74. The second-order valence-corrected chi connectivity index (χ2v) is 2.87. The van der Waals surface area contributed by atoms with Crippen molar-refractivity contribution in [2.75, 3.05) is 0 Å². The summed E-state index contributed by atoms with van der Waals surface area (Å²) in [7, 11) is 0. The molecule has 0 aromatic carbocycles. The van der Waals surface area contributed by atoms with E-state index in [2.05, 4.69) is 15.9 Å². The molecule has 0 amide bonds. The maximum absolute atomic E-state index is 11.6. The second kappa shape index (κ2) is 5.23. The van der Waals surface area contributed by atoms with Crippen molar-refractivity contribution >= 4 is 21.9 Å². The van der Waals surface area contributed by atoms with Crippen molar-refractivity contribution in [2.24, 2.45) is 0 Å². The molecule has 2 nitrogen and oxygen atoms in total. The fourth-order valence-corrected chi connectivity index (χ4v) is 0.770. The molecule has 0 radical (unpaired) electrons. The third-order valence-electron chi connectivity index (χ3n) is 0.992. The van der Waals surface area contributed by atoms with E-state index in [1.54, 1.807) is 0 Å². The third-order valence-corrected chi connectivity index (χ3v) is 1.69. The zero-order valence-electron chi connectivity index (χ0n) is 5.61. The number of aliphatic carboxylic acids is 1. The Morgan fingerprint density at radius 1 is 1.36 bits per heavy atom. The minimum Gasteiger partial charge on any atom is -0.481 e. The molecule has 0 aliphatic rings. The van der Waals surface area contributed by atoms with Crippen LogP contribution in [-0.2, 0) is 4.79 Å². The van der Waals surface area contributed by atoms with Crippen molar-refractivity contribution in [1.29, 1.82) is 0 Å². The van der Waals surface area contributed by atoms with E-state index in [1.165, 1.54) is 0 Å². The Kier molecular flexibility index (Phi) is 5.02. The fraction of sp³-hybridized carbons (Fsp3) is 0.500. The highest BCUT2D eigenvalue weighted by atomic mass is 79.9. The average molecular weight is 229 g/mol. The van der Waals surface area contributed by atoms with Crippen LogP contribution in [0.1, 0.15) is 19.3 Å². The van der Waals surface area contributed by atoms with E-state index in [-0.39, 0.29) is 23.7 Å². The molecule has 0 aliphatic carbocycles. The van der Waals surface area contributed by atoms with Gasteiger partial charge in [-0.2, -0.15) is 8.78 Å². The maximum Gasteiger partial charge on any atom is 0.303 e. The molecule has 0 aliphatic heterocycles. The van der Waals surface area contributed by atoms with Gasteiger partial charge in [-0.3, -0.25) is 4.79 Å². The van der Waals surface area contributed by atoms with Crippen LogP contribution in [0.25, 0.3) is 0 Å². The highest BCUT2D eigenvalue weighted by molar-refractivity contribution is 9.11. The molecule has 0 aromatic rings. The van der Waals surface area contributed by atoms with Gasteiger partial charge >= 0.3 is 5.97 Å². The van der Waals surface area contributed by atoms with Gasteiger partial charge in [-0.25, -0.2) is 0 Å². The topological polar surface area (TPSA) is 37.3 Å². The van der Waals surface area contributed by atoms with Gasteiger partial charge in [0.05, 0.1) is 4.48 Å². The molecule has 11 heavy (non-hydrogen) atoms. The van der Waals surface area contributed by atoms with Crippen LogP contribution in [0.15, 0.2) is 10.6 Å². The first-order chi connectivity index (χ1) is 5.04. The highest BCUT2D eigenvalue weighted by Gasteiger charge is 2.03. The van der Waals surface area contributed by atoms with Crippen molar-refractivity contribution in [3.8, 4) is 0 Å². The molecule has 0 atom stereocenters. The van der Waals surface area contributed by atoms with Gasteiger partial charge in [-0.15, -0.1) is 0 Å². The zero-order chi connectivity index (χ0) is 8.85. The Morgan fingerprint density at radius 2 is 1.91 bits per heavy atom. The number of hydrogen-bond donors (Lipinski definition) is 1. The second-order valence-electron chi connectivity index (χ2n) is 1.91. The van der Waals surface area contributed by atoms with Crippen molar-refractivity contribution < 1.29 is 18.7 Å². The Morgan fingerprint density at radius 3 is 2.27 bits per heavy atom. The fourth-order valence-electron chi connectivity index (χ4n) is 0.489.